The van der Waals surface area contributed by atoms with Crippen LogP contribution in [-0.2, 0) is 4.79 Å². The summed E-state index contributed by atoms with van der Waals surface area (Å²) in [6.45, 7) is 0. The van der Waals surface area contributed by atoms with Gasteiger partial charge in [-0.1, -0.05) is 24.3 Å². The van der Waals surface area contributed by atoms with Gasteiger partial charge in [-0.3, -0.25) is 4.79 Å². The maximum atomic E-state index is 10.4. The molecule has 0 heterocycles. The van der Waals surface area contributed by atoms with Gasteiger partial charge in [0.1, 0.15) is 0 Å². The Balaban J connectivity index is 0.000000532. The molecule has 0 unspecified atom stereocenters. The highest BCUT2D eigenvalue weighted by atomic mass is 32.1. The molecule has 0 bridgehead atoms. The minimum atomic E-state index is -0.939. The van der Waals surface area contributed by atoms with Crippen LogP contribution in [0.2, 0.25) is 0 Å². The van der Waals surface area contributed by atoms with Crippen LogP contribution in [0.3, 0.4) is 0 Å². The maximum absolute atomic E-state index is 10.4. The minimum Gasteiger partial charge on any atom is -0.481 e. The lowest BCUT2D eigenvalue weighted by Gasteiger charge is -1.95. The number of rotatable bonds is 5. The zero-order chi connectivity index (χ0) is 33.7. The van der Waals surface area contributed by atoms with Crippen molar-refractivity contribution in [1.82, 2.24) is 0 Å². The van der Waals surface area contributed by atoms with Gasteiger partial charge in [-0.05, 0) is 72.8 Å². The van der Waals surface area contributed by atoms with E-state index in [0.717, 1.165) is 14.7 Å². The maximum Gasteiger partial charge on any atom is 0.336 e. The fourth-order valence-electron chi connectivity index (χ4n) is 2.49. The summed E-state index contributed by atoms with van der Waals surface area (Å²) >= 11 is 23.8. The van der Waals surface area contributed by atoms with E-state index >= 15 is 0 Å². The van der Waals surface area contributed by atoms with Gasteiger partial charge in [0.15, 0.2) is 0 Å². The van der Waals surface area contributed by atoms with Gasteiger partial charge in [-0.25, -0.2) is 14.4 Å². The van der Waals surface area contributed by atoms with E-state index in [4.69, 9.17) is 20.4 Å². The van der Waals surface area contributed by atoms with Gasteiger partial charge in [0.25, 0.3) is 0 Å². The highest BCUT2D eigenvalue weighted by Crippen LogP contribution is 2.12. The van der Waals surface area contributed by atoms with Crippen LogP contribution in [0.15, 0.2) is 122 Å². The van der Waals surface area contributed by atoms with Crippen LogP contribution >= 0.6 is 75.8 Å². The molecule has 14 heteroatoms. The lowest BCUT2D eigenvalue weighted by atomic mass is 10.2. The van der Waals surface area contributed by atoms with Gasteiger partial charge in [0, 0.05) is 30.2 Å². The summed E-state index contributed by atoms with van der Waals surface area (Å²) < 4.78 is 0. The number of carboxylic acids is 4. The second-order valence-electron chi connectivity index (χ2n) is 7.92. The van der Waals surface area contributed by atoms with Gasteiger partial charge in [-0.2, -0.15) is 12.6 Å². The number of carboxylic acid groups (broad SMARTS) is 4. The summed E-state index contributed by atoms with van der Waals surface area (Å²) in [6, 6.07) is 27.0. The second-order valence-corrected chi connectivity index (χ2v) is 10.9. The van der Waals surface area contributed by atoms with Crippen molar-refractivity contribution in [3.05, 3.63) is 114 Å². The van der Waals surface area contributed by atoms with Crippen LogP contribution in [0.5, 0.6) is 0 Å². The molecule has 4 aromatic rings. The summed E-state index contributed by atoms with van der Waals surface area (Å²) in [4.78, 5) is 44.4. The molecule has 4 aromatic carbocycles. The number of benzene rings is 4. The molecule has 4 N–H and O–H groups in total. The molecular formula is C30H30O8S6. The first-order valence-electron chi connectivity index (χ1n) is 12.0. The van der Waals surface area contributed by atoms with Crippen molar-refractivity contribution >= 4 is 99.6 Å². The Bertz CT molecular complexity index is 1480. The van der Waals surface area contributed by atoms with Crippen molar-refractivity contribution in [3.8, 4) is 0 Å². The molecule has 0 aliphatic carbocycles. The lowest BCUT2D eigenvalue weighted by Crippen LogP contribution is -1.96. The monoisotopic (exact) mass is 710 g/mol. The zero-order valence-corrected chi connectivity index (χ0v) is 28.1. The van der Waals surface area contributed by atoms with Crippen molar-refractivity contribution in [2.75, 3.05) is 5.75 Å². The largest absolute Gasteiger partial charge is 0.481 e. The third-order valence-corrected chi connectivity index (χ3v) is 6.24. The van der Waals surface area contributed by atoms with Gasteiger partial charge in [0.2, 0.25) is 0 Å². The number of aliphatic carboxylic acids is 1. The molecule has 0 amide bonds. The average molecular weight is 711 g/mol. The lowest BCUT2D eigenvalue weighted by molar-refractivity contribution is -0.136. The molecule has 4 rings (SSSR count). The van der Waals surface area contributed by atoms with Crippen molar-refractivity contribution in [3.63, 3.8) is 0 Å². The molecule has 0 aliphatic rings. The van der Waals surface area contributed by atoms with Crippen LogP contribution in [0.4, 0.5) is 0 Å². The normalized spacial score (nSPS) is 9.14. The van der Waals surface area contributed by atoms with E-state index in [1.165, 1.54) is 30.3 Å². The third kappa shape index (κ3) is 19.9. The van der Waals surface area contributed by atoms with Crippen LogP contribution in [0.1, 0.15) is 37.5 Å². The van der Waals surface area contributed by atoms with E-state index < -0.39 is 23.9 Å². The van der Waals surface area contributed by atoms with Gasteiger partial charge >= 0.3 is 23.9 Å². The summed E-state index contributed by atoms with van der Waals surface area (Å²) in [6.07, 6.45) is 0.156. The smallest absolute Gasteiger partial charge is 0.336 e. The topological polar surface area (TPSA) is 149 Å². The molecule has 44 heavy (non-hydrogen) atoms. The molecule has 8 nitrogen and oxygen atoms in total. The summed E-state index contributed by atoms with van der Waals surface area (Å²) in [5.74, 6) is -3.13. The summed E-state index contributed by atoms with van der Waals surface area (Å²) in [5.41, 5.74) is 0.802. The van der Waals surface area contributed by atoms with Crippen LogP contribution in [-0.4, -0.2) is 50.1 Å². The fraction of sp³-hybridized carbons (Fsp3) is 0.0667. The fourth-order valence-corrected chi connectivity index (χ4v) is 3.86. The highest BCUT2D eigenvalue weighted by molar-refractivity contribution is 7.81. The molecule has 234 valence electrons. The van der Waals surface area contributed by atoms with Crippen molar-refractivity contribution in [2.45, 2.75) is 30.9 Å². The van der Waals surface area contributed by atoms with E-state index in [-0.39, 0.29) is 23.1 Å². The van der Waals surface area contributed by atoms with Crippen molar-refractivity contribution in [2.24, 2.45) is 0 Å². The molecule has 0 saturated carbocycles. The van der Waals surface area contributed by atoms with Gasteiger partial charge in [-0.15, -0.1) is 63.1 Å². The van der Waals surface area contributed by atoms with Crippen LogP contribution in [0.25, 0.3) is 0 Å². The SMILES string of the molecule is O=C(O)CCS.O=C(O)c1ccc(S)cc1.O=C(O)c1cccc(S)c1.O=C(O)c1ccccc1S.Sc1cccc(S)c1. The molecular weight excluding hydrogens is 681 g/mol. The highest BCUT2D eigenvalue weighted by Gasteiger charge is 2.04. The first kappa shape index (κ1) is 40.9. The van der Waals surface area contributed by atoms with E-state index in [2.05, 4.69) is 75.8 Å². The molecule has 0 aliphatic heterocycles. The third-order valence-electron chi connectivity index (χ3n) is 4.50. The predicted molar refractivity (Wildman–Crippen MR) is 189 cm³/mol. The summed E-state index contributed by atoms with van der Waals surface area (Å²) in [7, 11) is 0. The summed E-state index contributed by atoms with van der Waals surface area (Å²) in [5, 5.41) is 33.3. The van der Waals surface area contributed by atoms with E-state index in [1.54, 1.807) is 42.5 Å². The quantitative estimate of drug-likeness (QED) is 0.0949. The molecule has 0 saturated heterocycles. The number of carbonyl (C=O) groups is 4. The zero-order valence-electron chi connectivity index (χ0n) is 22.8. The number of thiol groups is 6. The number of aromatic carboxylic acids is 3. The van der Waals surface area contributed by atoms with Crippen molar-refractivity contribution < 1.29 is 39.6 Å². The van der Waals surface area contributed by atoms with Crippen LogP contribution in [0, 0.1) is 0 Å². The number of hydrogen-bond donors (Lipinski definition) is 10. The van der Waals surface area contributed by atoms with Gasteiger partial charge in [0.05, 0.1) is 23.1 Å². The standard InChI is InChI=1S/3C7H6O2S.C6H6S2.C3H6O2S/c8-7(9)5-1-3-6(10)4-2-5;8-7(9)5-2-1-3-6(10)4-5;8-7(9)5-3-1-2-4-6(5)10;7-5-2-1-3-6(8)4-5;4-3(5)1-2-6/h3*1-4,10H,(H,8,9);1-4,7-8H;6H,1-2H2,(H,4,5). The van der Waals surface area contributed by atoms with E-state index in [0.29, 0.717) is 15.5 Å². The molecule has 0 aromatic heterocycles. The molecule has 0 atom stereocenters. The Kier molecular flexibility index (Phi) is 21.6. The van der Waals surface area contributed by atoms with E-state index in [9.17, 15) is 19.2 Å². The minimum absolute atomic E-state index is 0.156. The first-order valence-corrected chi connectivity index (χ1v) is 14.9. The average Bonchev–Trinajstić information content (AvgIpc) is 2.94. The first-order chi connectivity index (χ1) is 20.7. The Morgan fingerprint density at radius 3 is 1.27 bits per heavy atom. The Hall–Kier alpha value is -3.14. The molecule has 0 fully saturated rings. The Morgan fingerprint density at radius 1 is 0.500 bits per heavy atom. The van der Waals surface area contributed by atoms with E-state index in [1.807, 2.05) is 24.3 Å². The number of hydrogen-bond acceptors (Lipinski definition) is 10. The molecule has 0 radical (unpaired) electrons. The Labute approximate surface area is 288 Å². The van der Waals surface area contributed by atoms with Gasteiger partial charge < -0.3 is 20.4 Å². The van der Waals surface area contributed by atoms with Crippen LogP contribution < -0.4 is 0 Å². The Morgan fingerprint density at radius 2 is 0.977 bits per heavy atom. The molecule has 0 spiro atoms. The predicted octanol–water partition coefficient (Wildman–Crippen LogP) is 7.68. The second kappa shape index (κ2) is 23.3. The van der Waals surface area contributed by atoms with Crippen molar-refractivity contribution in [1.29, 1.82) is 0 Å².